The quantitative estimate of drug-likeness (QED) is 0.634. The summed E-state index contributed by atoms with van der Waals surface area (Å²) in [4.78, 5) is 10.3. The third-order valence-electron chi connectivity index (χ3n) is 1.69. The zero-order valence-corrected chi connectivity index (χ0v) is 6.38. The molecule has 1 heterocycles. The lowest BCUT2D eigenvalue weighted by Gasteiger charge is -1.90. The molecule has 0 unspecified atom stereocenters. The van der Waals surface area contributed by atoms with Crippen molar-refractivity contribution in [2.45, 2.75) is 0 Å². The summed E-state index contributed by atoms with van der Waals surface area (Å²) in [6.45, 7) is 0. The summed E-state index contributed by atoms with van der Waals surface area (Å²) in [5, 5.41) is 0.114. The molecule has 0 saturated carbocycles. The second-order valence-corrected chi connectivity index (χ2v) is 2.57. The van der Waals surface area contributed by atoms with E-state index in [0.717, 1.165) is 12.1 Å². The van der Waals surface area contributed by atoms with Gasteiger partial charge in [0.15, 0.2) is 12.0 Å². The SMILES string of the molecule is O=Cc1cc2c(F)cc(F)cc2o1. The van der Waals surface area contributed by atoms with Crippen LogP contribution in [0.5, 0.6) is 0 Å². The summed E-state index contributed by atoms with van der Waals surface area (Å²) in [6.07, 6.45) is 0.442. The van der Waals surface area contributed by atoms with E-state index in [4.69, 9.17) is 4.42 Å². The number of carbonyl (C=O) groups excluding carboxylic acids is 1. The largest absolute Gasteiger partial charge is 0.453 e. The molecule has 0 aliphatic heterocycles. The van der Waals surface area contributed by atoms with E-state index in [0.29, 0.717) is 6.29 Å². The Bertz CT molecular complexity index is 474. The molecule has 0 fully saturated rings. The molecule has 2 aromatic rings. The number of fused-ring (bicyclic) bond motifs is 1. The Morgan fingerprint density at radius 2 is 2.00 bits per heavy atom. The first-order chi connectivity index (χ1) is 6.20. The normalized spacial score (nSPS) is 10.6. The zero-order valence-electron chi connectivity index (χ0n) is 6.38. The average molecular weight is 182 g/mol. The van der Waals surface area contributed by atoms with Gasteiger partial charge in [-0.3, -0.25) is 4.79 Å². The van der Waals surface area contributed by atoms with E-state index >= 15 is 0 Å². The second-order valence-electron chi connectivity index (χ2n) is 2.57. The Morgan fingerprint density at radius 1 is 1.23 bits per heavy atom. The number of carbonyl (C=O) groups is 1. The summed E-state index contributed by atoms with van der Waals surface area (Å²) in [5.41, 5.74) is 0.0413. The minimum Gasteiger partial charge on any atom is -0.453 e. The molecule has 13 heavy (non-hydrogen) atoms. The van der Waals surface area contributed by atoms with Crippen LogP contribution in [0.4, 0.5) is 8.78 Å². The highest BCUT2D eigenvalue weighted by Crippen LogP contribution is 2.22. The second kappa shape index (κ2) is 2.65. The van der Waals surface area contributed by atoms with Gasteiger partial charge in [-0.1, -0.05) is 0 Å². The molecule has 0 amide bonds. The van der Waals surface area contributed by atoms with Gasteiger partial charge in [-0.25, -0.2) is 8.78 Å². The number of benzene rings is 1. The van der Waals surface area contributed by atoms with Crippen molar-refractivity contribution < 1.29 is 18.0 Å². The van der Waals surface area contributed by atoms with Crippen LogP contribution in [-0.4, -0.2) is 6.29 Å². The van der Waals surface area contributed by atoms with E-state index in [1.165, 1.54) is 6.07 Å². The van der Waals surface area contributed by atoms with Crippen molar-refractivity contribution >= 4 is 17.3 Å². The number of hydrogen-bond acceptors (Lipinski definition) is 2. The Balaban J connectivity index is 2.82. The summed E-state index contributed by atoms with van der Waals surface area (Å²) in [5.74, 6) is -1.47. The smallest absolute Gasteiger partial charge is 0.185 e. The minimum atomic E-state index is -0.730. The van der Waals surface area contributed by atoms with Crippen LogP contribution in [0.2, 0.25) is 0 Å². The van der Waals surface area contributed by atoms with Crippen molar-refractivity contribution in [3.8, 4) is 0 Å². The van der Waals surface area contributed by atoms with E-state index < -0.39 is 11.6 Å². The van der Waals surface area contributed by atoms with Gasteiger partial charge in [-0.05, 0) is 6.07 Å². The topological polar surface area (TPSA) is 30.2 Å². The van der Waals surface area contributed by atoms with Gasteiger partial charge in [-0.2, -0.15) is 0 Å². The van der Waals surface area contributed by atoms with Gasteiger partial charge in [0, 0.05) is 12.1 Å². The highest BCUT2D eigenvalue weighted by Gasteiger charge is 2.09. The predicted molar refractivity (Wildman–Crippen MR) is 41.5 cm³/mol. The van der Waals surface area contributed by atoms with Gasteiger partial charge in [0.2, 0.25) is 0 Å². The van der Waals surface area contributed by atoms with Crippen molar-refractivity contribution in [3.63, 3.8) is 0 Å². The molecule has 0 bridgehead atoms. The number of aldehydes is 1. The lowest BCUT2D eigenvalue weighted by atomic mass is 10.2. The predicted octanol–water partition coefficient (Wildman–Crippen LogP) is 2.52. The van der Waals surface area contributed by atoms with Gasteiger partial charge >= 0.3 is 0 Å². The fourth-order valence-electron chi connectivity index (χ4n) is 1.14. The number of hydrogen-bond donors (Lipinski definition) is 0. The maximum atomic E-state index is 13.0. The fourth-order valence-corrected chi connectivity index (χ4v) is 1.14. The monoisotopic (exact) mass is 182 g/mol. The molecule has 1 aromatic carbocycles. The average Bonchev–Trinajstić information content (AvgIpc) is 2.47. The van der Waals surface area contributed by atoms with Gasteiger partial charge in [0.25, 0.3) is 0 Å². The van der Waals surface area contributed by atoms with Gasteiger partial charge in [-0.15, -0.1) is 0 Å². The van der Waals surface area contributed by atoms with Crippen LogP contribution in [0.3, 0.4) is 0 Å². The molecular formula is C9H4F2O2. The Morgan fingerprint density at radius 3 is 2.69 bits per heavy atom. The van der Waals surface area contributed by atoms with Gasteiger partial charge in [0.1, 0.15) is 17.2 Å². The van der Waals surface area contributed by atoms with Crippen LogP contribution >= 0.6 is 0 Å². The molecule has 4 heteroatoms. The maximum absolute atomic E-state index is 13.0. The highest BCUT2D eigenvalue weighted by molar-refractivity contribution is 5.85. The van der Waals surface area contributed by atoms with Crippen molar-refractivity contribution in [1.82, 2.24) is 0 Å². The number of rotatable bonds is 1. The molecule has 2 rings (SSSR count). The summed E-state index contributed by atoms with van der Waals surface area (Å²) in [7, 11) is 0. The molecule has 0 N–H and O–H groups in total. The molecule has 2 nitrogen and oxygen atoms in total. The lowest BCUT2D eigenvalue weighted by Crippen LogP contribution is -1.78. The fraction of sp³-hybridized carbons (Fsp3) is 0. The first kappa shape index (κ1) is 7.91. The molecule has 0 radical (unpaired) electrons. The Kier molecular flexibility index (Phi) is 1.62. The van der Waals surface area contributed by atoms with E-state index in [9.17, 15) is 13.6 Å². The lowest BCUT2D eigenvalue weighted by molar-refractivity contribution is 0.110. The Labute approximate surface area is 71.8 Å². The third-order valence-corrected chi connectivity index (χ3v) is 1.69. The van der Waals surface area contributed by atoms with Crippen LogP contribution in [0.1, 0.15) is 10.6 Å². The van der Waals surface area contributed by atoms with Crippen molar-refractivity contribution in [2.75, 3.05) is 0 Å². The standard InChI is InChI=1S/C9H4F2O2/c10-5-1-8(11)7-3-6(4-12)13-9(7)2-5/h1-4H. The first-order valence-electron chi connectivity index (χ1n) is 3.54. The Hall–Kier alpha value is -1.71. The first-order valence-corrected chi connectivity index (χ1v) is 3.54. The summed E-state index contributed by atoms with van der Waals surface area (Å²) in [6, 6.07) is 3.01. The summed E-state index contributed by atoms with van der Waals surface area (Å²) >= 11 is 0. The van der Waals surface area contributed by atoms with Crippen LogP contribution in [0.15, 0.2) is 22.6 Å². The van der Waals surface area contributed by atoms with E-state index in [2.05, 4.69) is 0 Å². The summed E-state index contributed by atoms with van der Waals surface area (Å²) < 4.78 is 30.4. The molecule has 0 aliphatic rings. The van der Waals surface area contributed by atoms with Crippen molar-refractivity contribution in [3.05, 3.63) is 35.6 Å². The molecule has 1 aromatic heterocycles. The molecule has 0 atom stereocenters. The van der Waals surface area contributed by atoms with E-state index in [1.54, 1.807) is 0 Å². The van der Waals surface area contributed by atoms with Crippen LogP contribution in [0, 0.1) is 11.6 Å². The maximum Gasteiger partial charge on any atom is 0.185 e. The van der Waals surface area contributed by atoms with Crippen LogP contribution < -0.4 is 0 Å². The minimum absolute atomic E-state index is 0.0144. The zero-order chi connectivity index (χ0) is 9.42. The van der Waals surface area contributed by atoms with Crippen LogP contribution in [0.25, 0.3) is 11.0 Å². The van der Waals surface area contributed by atoms with E-state index in [1.807, 2.05) is 0 Å². The van der Waals surface area contributed by atoms with E-state index in [-0.39, 0.29) is 16.7 Å². The molecule has 0 aliphatic carbocycles. The van der Waals surface area contributed by atoms with Crippen LogP contribution in [-0.2, 0) is 0 Å². The molecule has 66 valence electrons. The molecular weight excluding hydrogens is 178 g/mol. The highest BCUT2D eigenvalue weighted by atomic mass is 19.1. The number of halogens is 2. The third kappa shape index (κ3) is 1.20. The van der Waals surface area contributed by atoms with Gasteiger partial charge < -0.3 is 4.42 Å². The molecule has 0 saturated heterocycles. The van der Waals surface area contributed by atoms with Crippen molar-refractivity contribution in [2.24, 2.45) is 0 Å². The van der Waals surface area contributed by atoms with Crippen molar-refractivity contribution in [1.29, 1.82) is 0 Å². The van der Waals surface area contributed by atoms with Gasteiger partial charge in [0.05, 0.1) is 5.39 Å². The molecule has 0 spiro atoms. The number of furan rings is 1.